The number of fused-ring (bicyclic) bond motifs is 1. The molecule has 2 N–H and O–H groups in total. The van der Waals surface area contributed by atoms with Gasteiger partial charge in [-0.2, -0.15) is 5.10 Å². The molecular formula is C25H21FN4O3. The summed E-state index contributed by atoms with van der Waals surface area (Å²) in [7, 11) is 0. The predicted molar refractivity (Wildman–Crippen MR) is 120 cm³/mol. The van der Waals surface area contributed by atoms with E-state index < -0.39 is 0 Å². The Bertz CT molecular complexity index is 1330. The standard InChI is InChI=1S/C25H21FN4O3/c26-19-9-1-2-10-21(19)30-20-11-4-8-18(20)23(29-30)25(32)27-15-16-6-3-7-17(14-16)28-24(31)22-12-5-13-33-22/h1-3,5-7,9-10,12-14H,4,8,11,15H2,(H,27,32)(H,28,31). The van der Waals surface area contributed by atoms with Gasteiger partial charge >= 0.3 is 0 Å². The molecule has 0 atom stereocenters. The van der Waals surface area contributed by atoms with E-state index in [2.05, 4.69) is 15.7 Å². The number of aromatic nitrogens is 2. The number of hydrogen-bond acceptors (Lipinski definition) is 4. The van der Waals surface area contributed by atoms with Gasteiger partial charge in [0.2, 0.25) is 0 Å². The van der Waals surface area contributed by atoms with E-state index in [0.29, 0.717) is 17.1 Å². The number of nitrogens with one attached hydrogen (secondary N) is 2. The fraction of sp³-hybridized carbons (Fsp3) is 0.160. The smallest absolute Gasteiger partial charge is 0.291 e. The zero-order valence-electron chi connectivity index (χ0n) is 17.7. The lowest BCUT2D eigenvalue weighted by molar-refractivity contribution is 0.0943. The van der Waals surface area contributed by atoms with Crippen LogP contribution < -0.4 is 10.6 Å². The minimum absolute atomic E-state index is 0.216. The van der Waals surface area contributed by atoms with Crippen LogP contribution in [0.15, 0.2) is 71.3 Å². The van der Waals surface area contributed by atoms with E-state index >= 15 is 0 Å². The summed E-state index contributed by atoms with van der Waals surface area (Å²) in [4.78, 5) is 25.1. The lowest BCUT2D eigenvalue weighted by atomic mass is 10.1. The molecule has 5 rings (SSSR count). The molecule has 7 nitrogen and oxygen atoms in total. The topological polar surface area (TPSA) is 89.2 Å². The molecule has 2 heterocycles. The highest BCUT2D eigenvalue weighted by atomic mass is 19.1. The van der Waals surface area contributed by atoms with Gasteiger partial charge in [0.25, 0.3) is 11.8 Å². The van der Waals surface area contributed by atoms with Crippen molar-refractivity contribution in [2.75, 3.05) is 5.32 Å². The maximum Gasteiger partial charge on any atom is 0.291 e. The number of furan rings is 1. The molecule has 0 radical (unpaired) electrons. The van der Waals surface area contributed by atoms with Crippen LogP contribution in [0, 0.1) is 5.82 Å². The molecule has 1 aliphatic carbocycles. The number of benzene rings is 2. The molecule has 2 aromatic carbocycles. The summed E-state index contributed by atoms with van der Waals surface area (Å²) in [5.41, 5.74) is 3.82. The lowest BCUT2D eigenvalue weighted by Crippen LogP contribution is -2.24. The number of anilines is 1. The summed E-state index contributed by atoms with van der Waals surface area (Å²) in [6.45, 7) is 0.255. The van der Waals surface area contributed by atoms with Crippen LogP contribution in [0.2, 0.25) is 0 Å². The Hall–Kier alpha value is -4.20. The van der Waals surface area contributed by atoms with Gasteiger partial charge in [0, 0.05) is 23.5 Å². The van der Waals surface area contributed by atoms with Gasteiger partial charge < -0.3 is 15.1 Å². The van der Waals surface area contributed by atoms with Crippen molar-refractivity contribution in [1.29, 1.82) is 0 Å². The van der Waals surface area contributed by atoms with Crippen LogP contribution in [0.4, 0.5) is 10.1 Å². The zero-order valence-corrected chi connectivity index (χ0v) is 17.7. The fourth-order valence-corrected chi connectivity index (χ4v) is 4.07. The van der Waals surface area contributed by atoms with Gasteiger partial charge in [0.1, 0.15) is 11.5 Å². The van der Waals surface area contributed by atoms with Crippen molar-refractivity contribution < 1.29 is 18.4 Å². The molecule has 8 heteroatoms. The Kier molecular flexibility index (Phi) is 5.48. The van der Waals surface area contributed by atoms with Crippen LogP contribution in [0.1, 0.15) is 44.3 Å². The molecule has 0 aliphatic heterocycles. The molecule has 0 spiro atoms. The van der Waals surface area contributed by atoms with E-state index in [1.54, 1.807) is 53.2 Å². The first-order valence-corrected chi connectivity index (χ1v) is 10.7. The minimum Gasteiger partial charge on any atom is -0.459 e. The fourth-order valence-electron chi connectivity index (χ4n) is 4.07. The van der Waals surface area contributed by atoms with Gasteiger partial charge in [-0.25, -0.2) is 9.07 Å². The van der Waals surface area contributed by atoms with Crippen molar-refractivity contribution in [3.05, 3.63) is 101 Å². The van der Waals surface area contributed by atoms with Crippen LogP contribution in [0.3, 0.4) is 0 Å². The number of halogens is 1. The highest BCUT2D eigenvalue weighted by Crippen LogP contribution is 2.28. The van der Waals surface area contributed by atoms with Crippen molar-refractivity contribution >= 4 is 17.5 Å². The summed E-state index contributed by atoms with van der Waals surface area (Å²) < 4.78 is 21.0. The Balaban J connectivity index is 1.31. The van der Waals surface area contributed by atoms with E-state index in [4.69, 9.17) is 4.42 Å². The molecular weight excluding hydrogens is 423 g/mol. The van der Waals surface area contributed by atoms with E-state index in [-0.39, 0.29) is 29.9 Å². The third-order valence-electron chi connectivity index (χ3n) is 5.61. The quantitative estimate of drug-likeness (QED) is 0.465. The van der Waals surface area contributed by atoms with Crippen LogP contribution in [-0.2, 0) is 19.4 Å². The van der Waals surface area contributed by atoms with Crippen molar-refractivity contribution in [3.63, 3.8) is 0 Å². The summed E-state index contributed by atoms with van der Waals surface area (Å²) in [6.07, 6.45) is 3.83. The highest BCUT2D eigenvalue weighted by molar-refractivity contribution is 6.02. The first kappa shape index (κ1) is 20.7. The van der Waals surface area contributed by atoms with Gasteiger partial charge in [-0.1, -0.05) is 24.3 Å². The summed E-state index contributed by atoms with van der Waals surface area (Å²) >= 11 is 0. The number of carbonyl (C=O) groups excluding carboxylic acids is 2. The second-order valence-corrected chi connectivity index (χ2v) is 7.81. The summed E-state index contributed by atoms with van der Waals surface area (Å²) in [5, 5.41) is 10.1. The molecule has 0 unspecified atom stereocenters. The van der Waals surface area contributed by atoms with Crippen molar-refractivity contribution in [2.24, 2.45) is 0 Å². The van der Waals surface area contributed by atoms with Crippen LogP contribution in [0.5, 0.6) is 0 Å². The SMILES string of the molecule is O=C(Nc1cccc(CNC(=O)c2nn(-c3ccccc3F)c3c2CCC3)c1)c1ccco1. The van der Waals surface area contributed by atoms with E-state index in [0.717, 1.165) is 36.1 Å². The van der Waals surface area contributed by atoms with E-state index in [9.17, 15) is 14.0 Å². The van der Waals surface area contributed by atoms with Crippen LogP contribution in [-0.4, -0.2) is 21.6 Å². The number of para-hydroxylation sites is 1. The van der Waals surface area contributed by atoms with Crippen molar-refractivity contribution in [3.8, 4) is 5.69 Å². The molecule has 4 aromatic rings. The second kappa shape index (κ2) is 8.74. The van der Waals surface area contributed by atoms with E-state index in [1.165, 1.54) is 12.3 Å². The van der Waals surface area contributed by atoms with Crippen molar-refractivity contribution in [1.82, 2.24) is 15.1 Å². The van der Waals surface area contributed by atoms with Crippen LogP contribution in [0.25, 0.3) is 5.69 Å². The molecule has 0 fully saturated rings. The summed E-state index contributed by atoms with van der Waals surface area (Å²) in [5.74, 6) is -0.827. The largest absolute Gasteiger partial charge is 0.459 e. The monoisotopic (exact) mass is 444 g/mol. The first-order valence-electron chi connectivity index (χ1n) is 10.7. The number of carbonyl (C=O) groups is 2. The zero-order chi connectivity index (χ0) is 22.8. The second-order valence-electron chi connectivity index (χ2n) is 7.81. The van der Waals surface area contributed by atoms with Gasteiger partial charge in [-0.3, -0.25) is 9.59 Å². The summed E-state index contributed by atoms with van der Waals surface area (Å²) in [6, 6.07) is 16.8. The average molecular weight is 444 g/mol. The molecule has 33 heavy (non-hydrogen) atoms. The number of hydrogen-bond donors (Lipinski definition) is 2. The Morgan fingerprint density at radius 1 is 1.03 bits per heavy atom. The normalized spacial score (nSPS) is 12.4. The molecule has 0 saturated carbocycles. The Morgan fingerprint density at radius 3 is 2.73 bits per heavy atom. The highest BCUT2D eigenvalue weighted by Gasteiger charge is 2.27. The molecule has 166 valence electrons. The third kappa shape index (κ3) is 4.15. The van der Waals surface area contributed by atoms with Crippen molar-refractivity contribution in [2.45, 2.75) is 25.8 Å². The Labute approximate surface area is 189 Å². The predicted octanol–water partition coefficient (Wildman–Crippen LogP) is 4.28. The van der Waals surface area contributed by atoms with E-state index in [1.807, 2.05) is 6.07 Å². The maximum atomic E-state index is 14.3. The first-order chi connectivity index (χ1) is 16.1. The average Bonchev–Trinajstić information content (AvgIpc) is 3.56. The molecule has 0 bridgehead atoms. The minimum atomic E-state index is -0.380. The van der Waals surface area contributed by atoms with Gasteiger partial charge in [0.05, 0.1) is 6.26 Å². The molecule has 0 saturated heterocycles. The molecule has 1 aliphatic rings. The lowest BCUT2D eigenvalue weighted by Gasteiger charge is -2.08. The number of nitrogens with zero attached hydrogens (tertiary/aromatic N) is 2. The van der Waals surface area contributed by atoms with Crippen LogP contribution >= 0.6 is 0 Å². The molecule has 2 aromatic heterocycles. The van der Waals surface area contributed by atoms with Gasteiger partial charge in [-0.05, 0) is 61.2 Å². The maximum absolute atomic E-state index is 14.3. The Morgan fingerprint density at radius 2 is 1.91 bits per heavy atom. The number of rotatable bonds is 6. The van der Waals surface area contributed by atoms with Gasteiger partial charge in [-0.15, -0.1) is 0 Å². The number of amides is 2. The third-order valence-corrected chi connectivity index (χ3v) is 5.61. The molecule has 2 amide bonds. The van der Waals surface area contributed by atoms with Gasteiger partial charge in [0.15, 0.2) is 11.5 Å².